The zero-order chi connectivity index (χ0) is 14.5. The summed E-state index contributed by atoms with van der Waals surface area (Å²) in [5.41, 5.74) is -2.76. The minimum atomic E-state index is -4.64. The summed E-state index contributed by atoms with van der Waals surface area (Å²) in [4.78, 5) is 2.05. The van der Waals surface area contributed by atoms with Gasteiger partial charge in [0.25, 0.3) is 0 Å². The fraction of sp³-hybridized carbons (Fsp3) is 0.571. The van der Waals surface area contributed by atoms with Gasteiger partial charge in [0, 0.05) is 0 Å². The fourth-order valence-electron chi connectivity index (χ4n) is 1.93. The molecule has 0 aliphatic carbocycles. The number of halogens is 4. The second kappa shape index (κ2) is 6.92. The maximum atomic E-state index is 13.2. The van der Waals surface area contributed by atoms with Gasteiger partial charge in [-0.25, -0.2) is 0 Å². The molecule has 0 aliphatic rings. The molecule has 0 amide bonds. The summed E-state index contributed by atoms with van der Waals surface area (Å²) in [5.74, 6) is 0. The average molecular weight is 387 g/mol. The minimum absolute atomic E-state index is 0.0442. The van der Waals surface area contributed by atoms with Gasteiger partial charge in [-0.2, -0.15) is 0 Å². The van der Waals surface area contributed by atoms with E-state index >= 15 is 0 Å². The molecule has 110 valence electrons. The summed E-state index contributed by atoms with van der Waals surface area (Å²) in [6.45, 7) is 1.92. The van der Waals surface area contributed by atoms with Gasteiger partial charge in [-0.05, 0) is 0 Å². The molecule has 0 spiro atoms. The molecule has 1 aromatic carbocycles. The van der Waals surface area contributed by atoms with Crippen LogP contribution in [0.5, 0.6) is 0 Å². The van der Waals surface area contributed by atoms with E-state index in [9.17, 15) is 18.3 Å². The summed E-state index contributed by atoms with van der Waals surface area (Å²) in [6.07, 6.45) is -3.02. The number of rotatable bonds is 6. The number of hydrogen-bond acceptors (Lipinski definition) is 1. The van der Waals surface area contributed by atoms with Gasteiger partial charge in [0.1, 0.15) is 0 Å². The van der Waals surface area contributed by atoms with E-state index < -0.39 is 11.8 Å². The van der Waals surface area contributed by atoms with E-state index in [0.29, 0.717) is 12.8 Å². The third kappa shape index (κ3) is 4.08. The van der Waals surface area contributed by atoms with Gasteiger partial charge >= 0.3 is 122 Å². The Labute approximate surface area is 122 Å². The van der Waals surface area contributed by atoms with Crippen molar-refractivity contribution in [2.45, 2.75) is 44.4 Å². The van der Waals surface area contributed by atoms with Crippen LogP contribution in [-0.4, -0.2) is 16.2 Å². The molecule has 0 saturated carbocycles. The first-order chi connectivity index (χ1) is 8.85. The van der Waals surface area contributed by atoms with Crippen molar-refractivity contribution >= 4 is 0 Å². The number of aliphatic hydroxyl groups is 1. The van der Waals surface area contributed by atoms with E-state index in [1.807, 2.05) is 11.9 Å². The topological polar surface area (TPSA) is 20.2 Å². The number of alkyl halides is 4. The van der Waals surface area contributed by atoms with Gasteiger partial charge < -0.3 is 0 Å². The van der Waals surface area contributed by atoms with E-state index in [2.05, 4.69) is 0 Å². The standard InChI is InChI=1S/C14H19F3IO/c1-3-4-5-10-13(19,14(15,16)17)11-6-8-12(18-2)9-7-11/h6-9,19H,3-5,10H2,1-2H3/q-1. The summed E-state index contributed by atoms with van der Waals surface area (Å²) in [5, 5.41) is 10.1. The zero-order valence-corrected chi connectivity index (χ0v) is 13.3. The molecule has 5 heteroatoms. The Bertz CT molecular complexity index is 389. The average Bonchev–Trinajstić information content (AvgIpc) is 2.37. The quantitative estimate of drug-likeness (QED) is 0.437. The van der Waals surface area contributed by atoms with Crippen LogP contribution in [-0.2, 0) is 5.60 Å². The van der Waals surface area contributed by atoms with Crippen LogP contribution in [0, 0.1) is 3.57 Å². The van der Waals surface area contributed by atoms with E-state index in [1.165, 1.54) is 12.1 Å². The Morgan fingerprint density at radius 3 is 2.11 bits per heavy atom. The number of unbranched alkanes of at least 4 members (excludes halogenated alkanes) is 2. The van der Waals surface area contributed by atoms with Crippen LogP contribution in [0.4, 0.5) is 13.2 Å². The second-order valence-electron chi connectivity index (χ2n) is 4.51. The Hall–Kier alpha value is -0.300. The van der Waals surface area contributed by atoms with Crippen LogP contribution in [0.15, 0.2) is 24.3 Å². The van der Waals surface area contributed by atoms with Crippen molar-refractivity contribution in [2.75, 3.05) is 4.93 Å². The van der Waals surface area contributed by atoms with Gasteiger partial charge in [-0.1, -0.05) is 0 Å². The maximum absolute atomic E-state index is 13.2. The first kappa shape index (κ1) is 16.8. The molecular formula is C14H19F3IO-. The monoisotopic (exact) mass is 387 g/mol. The summed E-state index contributed by atoms with van der Waals surface area (Å²) < 4.78 is 40.5. The van der Waals surface area contributed by atoms with E-state index in [-0.39, 0.29) is 33.2 Å². The van der Waals surface area contributed by atoms with Crippen molar-refractivity contribution in [3.63, 3.8) is 0 Å². The molecule has 1 unspecified atom stereocenters. The Morgan fingerprint density at radius 2 is 1.68 bits per heavy atom. The molecule has 1 rings (SSSR count). The predicted molar refractivity (Wildman–Crippen MR) is 65.2 cm³/mol. The summed E-state index contributed by atoms with van der Waals surface area (Å²) >= 11 is -0.146. The second-order valence-corrected chi connectivity index (χ2v) is 6.84. The van der Waals surface area contributed by atoms with Gasteiger partial charge in [0.15, 0.2) is 0 Å². The van der Waals surface area contributed by atoms with Crippen LogP contribution in [0.25, 0.3) is 0 Å². The van der Waals surface area contributed by atoms with Gasteiger partial charge in [-0.3, -0.25) is 0 Å². The van der Waals surface area contributed by atoms with Crippen molar-refractivity contribution in [1.29, 1.82) is 0 Å². The molecule has 0 aromatic heterocycles. The third-order valence-electron chi connectivity index (χ3n) is 3.15. The summed E-state index contributed by atoms with van der Waals surface area (Å²) in [6, 6.07) is 6.22. The first-order valence-electron chi connectivity index (χ1n) is 6.24. The molecular weight excluding hydrogens is 368 g/mol. The zero-order valence-electron chi connectivity index (χ0n) is 11.1. The van der Waals surface area contributed by atoms with Gasteiger partial charge in [0.05, 0.1) is 0 Å². The molecule has 0 radical (unpaired) electrons. The molecule has 0 bridgehead atoms. The molecule has 1 nitrogen and oxygen atoms in total. The Morgan fingerprint density at radius 1 is 1.11 bits per heavy atom. The fourth-order valence-corrected chi connectivity index (χ4v) is 3.01. The Kier molecular flexibility index (Phi) is 6.11. The normalized spacial score (nSPS) is 15.5. The molecule has 1 N–H and O–H groups in total. The van der Waals surface area contributed by atoms with Gasteiger partial charge in [0.2, 0.25) is 0 Å². The molecule has 0 fully saturated rings. The SMILES string of the molecule is CCCCCC(O)(c1ccc([I-]C)cc1)C(F)(F)F. The van der Waals surface area contributed by atoms with E-state index in [1.54, 1.807) is 12.1 Å². The Balaban J connectivity index is 3.01. The van der Waals surface area contributed by atoms with Crippen LogP contribution in [0.1, 0.15) is 38.2 Å². The molecule has 1 atom stereocenters. The number of hydrogen-bond donors (Lipinski definition) is 1. The molecule has 0 saturated heterocycles. The molecule has 19 heavy (non-hydrogen) atoms. The summed E-state index contributed by atoms with van der Waals surface area (Å²) in [7, 11) is 0. The van der Waals surface area contributed by atoms with Crippen LogP contribution in [0.2, 0.25) is 0 Å². The van der Waals surface area contributed by atoms with Crippen molar-refractivity contribution in [3.05, 3.63) is 33.4 Å². The molecule has 0 heterocycles. The number of benzene rings is 1. The van der Waals surface area contributed by atoms with Gasteiger partial charge in [-0.15, -0.1) is 0 Å². The van der Waals surface area contributed by atoms with Crippen molar-refractivity contribution in [3.8, 4) is 0 Å². The van der Waals surface area contributed by atoms with Crippen LogP contribution >= 0.6 is 0 Å². The van der Waals surface area contributed by atoms with Crippen LogP contribution in [0.3, 0.4) is 0 Å². The van der Waals surface area contributed by atoms with E-state index in [4.69, 9.17) is 0 Å². The van der Waals surface area contributed by atoms with Crippen molar-refractivity contribution in [2.24, 2.45) is 0 Å². The van der Waals surface area contributed by atoms with Crippen molar-refractivity contribution in [1.82, 2.24) is 0 Å². The molecule has 0 aliphatic heterocycles. The van der Waals surface area contributed by atoms with Crippen LogP contribution < -0.4 is 21.2 Å². The predicted octanol–water partition coefficient (Wildman–Crippen LogP) is 0.905. The first-order valence-corrected chi connectivity index (χ1v) is 9.48. The molecule has 1 aromatic rings. The third-order valence-corrected chi connectivity index (χ3v) is 5.12. The van der Waals surface area contributed by atoms with Crippen molar-refractivity contribution < 1.29 is 39.5 Å². The van der Waals surface area contributed by atoms with E-state index in [0.717, 1.165) is 9.99 Å².